The van der Waals surface area contributed by atoms with Gasteiger partial charge in [0.15, 0.2) is 0 Å². The van der Waals surface area contributed by atoms with Gasteiger partial charge >= 0.3 is 5.97 Å². The maximum absolute atomic E-state index is 12.2. The molecule has 1 heterocycles. The van der Waals surface area contributed by atoms with E-state index in [2.05, 4.69) is 31.6 Å². The monoisotopic (exact) mass is 502 g/mol. The Labute approximate surface area is 193 Å². The summed E-state index contributed by atoms with van der Waals surface area (Å²) >= 11 is 9.27. The van der Waals surface area contributed by atoms with Gasteiger partial charge in [0.25, 0.3) is 5.91 Å². The molecule has 0 aliphatic rings. The fourth-order valence-electron chi connectivity index (χ4n) is 2.73. The van der Waals surface area contributed by atoms with Gasteiger partial charge < -0.3 is 4.74 Å². The quantitative estimate of drug-likeness (QED) is 0.229. The fourth-order valence-corrected chi connectivity index (χ4v) is 3.14. The predicted octanol–water partition coefficient (Wildman–Crippen LogP) is 4.68. The lowest BCUT2D eigenvalue weighted by Gasteiger charge is -2.07. The van der Waals surface area contributed by atoms with Crippen LogP contribution in [0, 0.1) is 13.8 Å². The van der Waals surface area contributed by atoms with Crippen molar-refractivity contribution in [2.45, 2.75) is 27.3 Å². The summed E-state index contributed by atoms with van der Waals surface area (Å²) in [4.78, 5) is 24.4. The Balaban J connectivity index is 1.58. The van der Waals surface area contributed by atoms with Gasteiger partial charge in [-0.1, -0.05) is 11.6 Å². The van der Waals surface area contributed by atoms with E-state index in [0.717, 1.165) is 21.4 Å². The lowest BCUT2D eigenvalue weighted by molar-refractivity contribution is -0.121. The molecule has 3 rings (SSSR count). The number of hydrogen-bond donors (Lipinski definition) is 1. The Hall–Kier alpha value is -2.97. The number of nitrogens with one attached hydrogen (secondary N) is 1. The van der Waals surface area contributed by atoms with Crippen LogP contribution in [0.1, 0.15) is 34.2 Å². The highest BCUT2D eigenvalue weighted by atomic mass is 79.9. The average Bonchev–Trinajstić information content (AvgIpc) is 2.99. The van der Waals surface area contributed by atoms with E-state index in [1.165, 1.54) is 0 Å². The lowest BCUT2D eigenvalue weighted by Crippen LogP contribution is -2.25. The van der Waals surface area contributed by atoms with Crippen LogP contribution in [0.25, 0.3) is 0 Å². The van der Waals surface area contributed by atoms with Crippen LogP contribution >= 0.6 is 27.5 Å². The van der Waals surface area contributed by atoms with E-state index in [1.807, 2.05) is 13.8 Å². The molecule has 7 nitrogen and oxygen atoms in total. The first-order valence-electron chi connectivity index (χ1n) is 9.35. The summed E-state index contributed by atoms with van der Waals surface area (Å²) in [5.74, 6) is -0.362. The lowest BCUT2D eigenvalue weighted by atomic mass is 10.1. The van der Waals surface area contributed by atoms with Gasteiger partial charge in [-0.25, -0.2) is 10.2 Å². The van der Waals surface area contributed by atoms with E-state index in [0.29, 0.717) is 22.0 Å². The second-order valence-electron chi connectivity index (χ2n) is 6.80. The minimum absolute atomic E-state index is 0.0641. The molecule has 160 valence electrons. The van der Waals surface area contributed by atoms with Gasteiger partial charge in [-0.15, -0.1) is 0 Å². The van der Waals surface area contributed by atoms with Crippen LogP contribution in [0.15, 0.2) is 58.1 Å². The van der Waals surface area contributed by atoms with Crippen LogP contribution in [0.4, 0.5) is 0 Å². The Morgan fingerprint density at radius 3 is 2.29 bits per heavy atom. The number of aryl methyl sites for hydroxylation is 1. The second-order valence-corrected chi connectivity index (χ2v) is 8.02. The molecule has 0 spiro atoms. The molecule has 1 N–H and O–H groups in total. The summed E-state index contributed by atoms with van der Waals surface area (Å²) < 4.78 is 7.86. The smallest absolute Gasteiger partial charge is 0.343 e. The number of rotatable bonds is 6. The minimum atomic E-state index is -0.474. The summed E-state index contributed by atoms with van der Waals surface area (Å²) in [5, 5.41) is 8.99. The highest BCUT2D eigenvalue weighted by Crippen LogP contribution is 2.19. The van der Waals surface area contributed by atoms with Crippen molar-refractivity contribution >= 4 is 45.1 Å². The number of esters is 1. The first kappa shape index (κ1) is 22.7. The first-order valence-corrected chi connectivity index (χ1v) is 10.5. The fraction of sp³-hybridized carbons (Fsp3) is 0.182. The third-order valence-electron chi connectivity index (χ3n) is 4.50. The molecule has 1 aromatic heterocycles. The molecule has 2 aromatic carbocycles. The molecule has 3 aromatic rings. The predicted molar refractivity (Wildman–Crippen MR) is 123 cm³/mol. The molecule has 1 amide bonds. The van der Waals surface area contributed by atoms with E-state index in [9.17, 15) is 9.59 Å². The Morgan fingerprint density at radius 1 is 1.10 bits per heavy atom. The molecule has 9 heteroatoms. The topological polar surface area (TPSA) is 85.6 Å². The van der Waals surface area contributed by atoms with Crippen LogP contribution in [0.2, 0.25) is 5.02 Å². The van der Waals surface area contributed by atoms with Crippen LogP contribution < -0.4 is 10.2 Å². The van der Waals surface area contributed by atoms with Crippen LogP contribution in [-0.2, 0) is 11.3 Å². The molecular formula is C22H20BrClN4O3. The van der Waals surface area contributed by atoms with Crippen molar-refractivity contribution in [2.75, 3.05) is 0 Å². The zero-order valence-electron chi connectivity index (χ0n) is 17.1. The van der Waals surface area contributed by atoms with E-state index >= 15 is 0 Å². The van der Waals surface area contributed by atoms with Crippen molar-refractivity contribution in [2.24, 2.45) is 5.10 Å². The molecular weight excluding hydrogens is 484 g/mol. The van der Waals surface area contributed by atoms with Gasteiger partial charge in [-0.2, -0.15) is 10.2 Å². The number of benzene rings is 2. The normalized spacial score (nSPS) is 11.3. The summed E-state index contributed by atoms with van der Waals surface area (Å²) in [5.41, 5.74) is 6.02. The molecule has 0 saturated heterocycles. The van der Waals surface area contributed by atoms with Gasteiger partial charge in [-0.05, 0) is 90.8 Å². The zero-order valence-corrected chi connectivity index (χ0v) is 19.5. The largest absolute Gasteiger partial charge is 0.423 e. The molecule has 0 atom stereocenters. The maximum atomic E-state index is 12.2. The van der Waals surface area contributed by atoms with E-state index in [4.69, 9.17) is 16.3 Å². The minimum Gasteiger partial charge on any atom is -0.423 e. The summed E-state index contributed by atoms with van der Waals surface area (Å²) in [6.07, 6.45) is 0. The third-order valence-corrected chi connectivity index (χ3v) is 5.90. The number of hydrogen-bond acceptors (Lipinski definition) is 5. The standard InChI is InChI=1S/C22H20BrClN4O3/c1-13(25-26-20(29)12-28-15(3)21(23)14(2)27-28)16-6-10-19(11-7-16)31-22(30)17-4-8-18(24)9-5-17/h4-11H,12H2,1-3H3,(H,26,29). The van der Waals surface area contributed by atoms with Gasteiger partial charge in [0, 0.05) is 5.02 Å². The van der Waals surface area contributed by atoms with Crippen LogP contribution in [-0.4, -0.2) is 27.4 Å². The highest BCUT2D eigenvalue weighted by Gasteiger charge is 2.12. The Morgan fingerprint density at radius 2 is 1.71 bits per heavy atom. The van der Waals surface area contributed by atoms with Crippen molar-refractivity contribution in [3.8, 4) is 5.75 Å². The molecule has 0 aliphatic heterocycles. The summed E-state index contributed by atoms with van der Waals surface area (Å²) in [7, 11) is 0. The molecule has 0 saturated carbocycles. The Bertz CT molecular complexity index is 1140. The summed E-state index contributed by atoms with van der Waals surface area (Å²) in [6.45, 7) is 5.58. The van der Waals surface area contributed by atoms with E-state index < -0.39 is 5.97 Å². The van der Waals surface area contributed by atoms with Crippen molar-refractivity contribution in [3.05, 3.63) is 80.5 Å². The number of halogens is 2. The third kappa shape index (κ3) is 5.80. The number of amides is 1. The van der Waals surface area contributed by atoms with Crippen molar-refractivity contribution in [3.63, 3.8) is 0 Å². The number of nitrogens with zero attached hydrogens (tertiary/aromatic N) is 3. The number of ether oxygens (including phenoxy) is 1. The van der Waals surface area contributed by atoms with Crippen molar-refractivity contribution in [1.82, 2.24) is 15.2 Å². The molecule has 0 fully saturated rings. The highest BCUT2D eigenvalue weighted by molar-refractivity contribution is 9.10. The summed E-state index contributed by atoms with van der Waals surface area (Å²) in [6, 6.07) is 13.3. The number of carbonyl (C=O) groups excluding carboxylic acids is 2. The van der Waals surface area contributed by atoms with Gasteiger partial charge in [0.05, 0.1) is 27.1 Å². The van der Waals surface area contributed by atoms with Gasteiger partial charge in [0.2, 0.25) is 0 Å². The first-order chi connectivity index (χ1) is 14.7. The van der Waals surface area contributed by atoms with Crippen molar-refractivity contribution in [1.29, 1.82) is 0 Å². The average molecular weight is 504 g/mol. The number of hydrazone groups is 1. The molecule has 0 radical (unpaired) electrons. The van der Waals surface area contributed by atoms with E-state index in [1.54, 1.807) is 60.1 Å². The SMILES string of the molecule is CC(=NNC(=O)Cn1nc(C)c(Br)c1C)c1ccc(OC(=O)c2ccc(Cl)cc2)cc1. The molecule has 0 aliphatic carbocycles. The number of aromatic nitrogens is 2. The van der Waals surface area contributed by atoms with Gasteiger partial charge in [-0.3, -0.25) is 9.48 Å². The van der Waals surface area contributed by atoms with Crippen LogP contribution in [0.3, 0.4) is 0 Å². The molecule has 0 bridgehead atoms. The van der Waals surface area contributed by atoms with E-state index in [-0.39, 0.29) is 12.5 Å². The second kappa shape index (κ2) is 9.89. The number of carbonyl (C=O) groups is 2. The molecule has 31 heavy (non-hydrogen) atoms. The van der Waals surface area contributed by atoms with Crippen molar-refractivity contribution < 1.29 is 14.3 Å². The van der Waals surface area contributed by atoms with Crippen LogP contribution in [0.5, 0.6) is 5.75 Å². The molecule has 0 unspecified atom stereocenters. The van der Waals surface area contributed by atoms with Gasteiger partial charge in [0.1, 0.15) is 12.3 Å². The Kier molecular flexibility index (Phi) is 7.25. The maximum Gasteiger partial charge on any atom is 0.343 e. The zero-order chi connectivity index (χ0) is 22.5.